The maximum atomic E-state index is 12.7. The SMILES string of the molecule is CCc1cc2cccc(C(F)(F)F)c2nc1Cl. The molecule has 1 nitrogen and oxygen atoms in total. The summed E-state index contributed by atoms with van der Waals surface area (Å²) in [7, 11) is 0. The highest BCUT2D eigenvalue weighted by Gasteiger charge is 2.33. The minimum absolute atomic E-state index is 0.0952. The van der Waals surface area contributed by atoms with Gasteiger partial charge in [0.05, 0.1) is 11.1 Å². The first kappa shape index (κ1) is 12.2. The lowest BCUT2D eigenvalue weighted by atomic mass is 10.1. The van der Waals surface area contributed by atoms with Gasteiger partial charge in [-0.25, -0.2) is 4.98 Å². The monoisotopic (exact) mass is 259 g/mol. The predicted molar refractivity (Wildman–Crippen MR) is 61.1 cm³/mol. The lowest BCUT2D eigenvalue weighted by molar-refractivity contribution is -0.136. The van der Waals surface area contributed by atoms with Crippen LogP contribution in [0.5, 0.6) is 0 Å². The number of hydrogen-bond acceptors (Lipinski definition) is 1. The molecule has 0 aliphatic carbocycles. The van der Waals surface area contributed by atoms with E-state index in [2.05, 4.69) is 4.98 Å². The molecule has 1 aromatic carbocycles. The van der Waals surface area contributed by atoms with E-state index < -0.39 is 11.7 Å². The first-order chi connectivity index (χ1) is 7.93. The Morgan fingerprint density at radius 3 is 2.59 bits per heavy atom. The largest absolute Gasteiger partial charge is 0.418 e. The summed E-state index contributed by atoms with van der Waals surface area (Å²) in [6.45, 7) is 1.88. The second kappa shape index (κ2) is 4.18. The third kappa shape index (κ3) is 2.22. The molecule has 0 saturated heterocycles. The van der Waals surface area contributed by atoms with Crippen LogP contribution in [0.1, 0.15) is 18.1 Å². The van der Waals surface area contributed by atoms with E-state index in [0.717, 1.165) is 11.6 Å². The highest BCUT2D eigenvalue weighted by atomic mass is 35.5. The highest BCUT2D eigenvalue weighted by molar-refractivity contribution is 6.30. The van der Waals surface area contributed by atoms with E-state index in [1.165, 1.54) is 6.07 Å². The quantitative estimate of drug-likeness (QED) is 0.689. The van der Waals surface area contributed by atoms with Crippen molar-refractivity contribution < 1.29 is 13.2 Å². The maximum Gasteiger partial charge on any atom is 0.418 e. The minimum atomic E-state index is -4.41. The molecule has 0 saturated carbocycles. The number of aromatic nitrogens is 1. The lowest BCUT2D eigenvalue weighted by Crippen LogP contribution is -2.06. The molecule has 2 aromatic rings. The van der Waals surface area contributed by atoms with Crippen LogP contribution in [0.25, 0.3) is 10.9 Å². The van der Waals surface area contributed by atoms with Crippen molar-refractivity contribution in [2.45, 2.75) is 19.5 Å². The molecule has 1 aromatic heterocycles. The van der Waals surface area contributed by atoms with E-state index in [1.807, 2.05) is 6.92 Å². The maximum absolute atomic E-state index is 12.7. The van der Waals surface area contributed by atoms with E-state index in [1.54, 1.807) is 12.1 Å². The van der Waals surface area contributed by atoms with Crippen molar-refractivity contribution in [3.05, 3.63) is 40.5 Å². The van der Waals surface area contributed by atoms with Gasteiger partial charge in [0, 0.05) is 5.39 Å². The molecule has 0 amide bonds. The van der Waals surface area contributed by atoms with Crippen molar-refractivity contribution in [1.82, 2.24) is 4.98 Å². The Morgan fingerprint density at radius 2 is 2.00 bits per heavy atom. The molecule has 17 heavy (non-hydrogen) atoms. The van der Waals surface area contributed by atoms with Gasteiger partial charge in [0.1, 0.15) is 5.15 Å². The van der Waals surface area contributed by atoms with Gasteiger partial charge < -0.3 is 0 Å². The number of para-hydroxylation sites is 1. The summed E-state index contributed by atoms with van der Waals surface area (Å²) < 4.78 is 38.2. The predicted octanol–water partition coefficient (Wildman–Crippen LogP) is 4.47. The number of halogens is 4. The Balaban J connectivity index is 2.78. The van der Waals surface area contributed by atoms with Gasteiger partial charge in [-0.05, 0) is 24.1 Å². The molecule has 90 valence electrons. The van der Waals surface area contributed by atoms with Crippen molar-refractivity contribution in [3.63, 3.8) is 0 Å². The summed E-state index contributed by atoms with van der Waals surface area (Å²) in [6.07, 6.45) is -3.78. The average Bonchev–Trinajstić information content (AvgIpc) is 2.26. The average molecular weight is 260 g/mol. The second-order valence-electron chi connectivity index (χ2n) is 3.67. The van der Waals surface area contributed by atoms with E-state index in [0.29, 0.717) is 11.8 Å². The van der Waals surface area contributed by atoms with Crippen LogP contribution >= 0.6 is 11.6 Å². The minimum Gasteiger partial charge on any atom is -0.235 e. The van der Waals surface area contributed by atoms with Gasteiger partial charge in [0.15, 0.2) is 0 Å². The van der Waals surface area contributed by atoms with Crippen molar-refractivity contribution in [3.8, 4) is 0 Å². The first-order valence-electron chi connectivity index (χ1n) is 5.09. The molecule has 0 N–H and O–H groups in total. The Labute approximate surface area is 101 Å². The van der Waals surface area contributed by atoms with Gasteiger partial charge in [0.25, 0.3) is 0 Å². The van der Waals surface area contributed by atoms with E-state index >= 15 is 0 Å². The third-order valence-electron chi connectivity index (χ3n) is 2.56. The van der Waals surface area contributed by atoms with Gasteiger partial charge in [-0.2, -0.15) is 13.2 Å². The van der Waals surface area contributed by atoms with Crippen LogP contribution in [-0.4, -0.2) is 4.98 Å². The zero-order valence-electron chi connectivity index (χ0n) is 8.98. The molecule has 0 atom stereocenters. The van der Waals surface area contributed by atoms with Crippen molar-refractivity contribution in [2.24, 2.45) is 0 Å². The van der Waals surface area contributed by atoms with Crippen molar-refractivity contribution >= 4 is 22.5 Å². The van der Waals surface area contributed by atoms with Crippen molar-refractivity contribution in [2.75, 3.05) is 0 Å². The molecule has 0 bridgehead atoms. The standard InChI is InChI=1S/C12H9ClF3N/c1-2-7-6-8-4-3-5-9(12(14,15)16)10(8)17-11(7)13/h3-6H,2H2,1H3. The number of nitrogens with zero attached hydrogens (tertiary/aromatic N) is 1. The summed E-state index contributed by atoms with van der Waals surface area (Å²) >= 11 is 5.85. The molecule has 0 fully saturated rings. The number of alkyl halides is 3. The number of fused-ring (bicyclic) bond motifs is 1. The zero-order chi connectivity index (χ0) is 12.6. The van der Waals surface area contributed by atoms with Crippen LogP contribution in [0.15, 0.2) is 24.3 Å². The van der Waals surface area contributed by atoms with Gasteiger partial charge in [-0.3, -0.25) is 0 Å². The van der Waals surface area contributed by atoms with Gasteiger partial charge >= 0.3 is 6.18 Å². The normalized spacial score (nSPS) is 12.1. The Bertz CT molecular complexity index is 563. The summed E-state index contributed by atoms with van der Waals surface area (Å²) in [5, 5.41) is 0.595. The highest BCUT2D eigenvalue weighted by Crippen LogP contribution is 2.35. The first-order valence-corrected chi connectivity index (χ1v) is 5.46. The summed E-state index contributed by atoms with van der Waals surface area (Å²) in [6, 6.07) is 5.64. The molecule has 5 heteroatoms. The smallest absolute Gasteiger partial charge is 0.235 e. The van der Waals surface area contributed by atoms with Crippen LogP contribution < -0.4 is 0 Å². The van der Waals surface area contributed by atoms with E-state index in [4.69, 9.17) is 11.6 Å². The number of benzene rings is 1. The lowest BCUT2D eigenvalue weighted by Gasteiger charge is -2.11. The van der Waals surface area contributed by atoms with Crippen LogP contribution in [0.2, 0.25) is 5.15 Å². The summed E-state index contributed by atoms with van der Waals surface area (Å²) in [4.78, 5) is 3.86. The molecule has 0 aliphatic heterocycles. The Morgan fingerprint density at radius 1 is 1.29 bits per heavy atom. The fourth-order valence-electron chi connectivity index (χ4n) is 1.70. The zero-order valence-corrected chi connectivity index (χ0v) is 9.73. The summed E-state index contributed by atoms with van der Waals surface area (Å²) in [5.74, 6) is 0. The molecule has 0 radical (unpaired) electrons. The van der Waals surface area contributed by atoms with E-state index in [-0.39, 0.29) is 10.7 Å². The fourth-order valence-corrected chi connectivity index (χ4v) is 1.97. The molecular formula is C12H9ClF3N. The van der Waals surface area contributed by atoms with Crippen LogP contribution in [0, 0.1) is 0 Å². The molecule has 1 heterocycles. The Hall–Kier alpha value is -1.29. The third-order valence-corrected chi connectivity index (χ3v) is 2.89. The molecule has 0 aliphatic rings. The number of aryl methyl sites for hydroxylation is 1. The molecule has 2 rings (SSSR count). The fraction of sp³-hybridized carbons (Fsp3) is 0.250. The topological polar surface area (TPSA) is 12.9 Å². The van der Waals surface area contributed by atoms with Gasteiger partial charge in [-0.1, -0.05) is 30.7 Å². The molecular weight excluding hydrogens is 251 g/mol. The second-order valence-corrected chi connectivity index (χ2v) is 4.02. The number of rotatable bonds is 1. The Kier molecular flexibility index (Phi) is 3.00. The van der Waals surface area contributed by atoms with Crippen LogP contribution in [-0.2, 0) is 12.6 Å². The number of pyridine rings is 1. The number of hydrogen-bond donors (Lipinski definition) is 0. The van der Waals surface area contributed by atoms with Crippen LogP contribution in [0.4, 0.5) is 13.2 Å². The van der Waals surface area contributed by atoms with E-state index in [9.17, 15) is 13.2 Å². The van der Waals surface area contributed by atoms with Gasteiger partial charge in [-0.15, -0.1) is 0 Å². The van der Waals surface area contributed by atoms with Gasteiger partial charge in [0.2, 0.25) is 0 Å². The van der Waals surface area contributed by atoms with Crippen LogP contribution in [0.3, 0.4) is 0 Å². The molecule has 0 unspecified atom stereocenters. The molecule has 0 spiro atoms. The van der Waals surface area contributed by atoms with Crippen molar-refractivity contribution in [1.29, 1.82) is 0 Å². The summed E-state index contributed by atoms with van der Waals surface area (Å²) in [5.41, 5.74) is -0.0970.